The maximum atomic E-state index is 13.1. The summed E-state index contributed by atoms with van der Waals surface area (Å²) in [5.41, 5.74) is -0.450. The number of allylic oxidation sites excluding steroid dienone is 1. The normalized spacial score (nSPS) is 38.1. The molecule has 4 rings (SSSR count). The highest BCUT2D eigenvalue weighted by Crippen LogP contribution is 2.47. The monoisotopic (exact) mass is 680 g/mol. The zero-order valence-electron chi connectivity index (χ0n) is 29.5. The van der Waals surface area contributed by atoms with Crippen molar-refractivity contribution < 1.29 is 53.3 Å². The van der Waals surface area contributed by atoms with E-state index in [9.17, 15) is 24.9 Å². The van der Waals surface area contributed by atoms with Crippen LogP contribution in [0.2, 0.25) is 0 Å². The number of aliphatic hydroxyl groups is 3. The first kappa shape index (κ1) is 38.9. The second-order valence-electron chi connectivity index (χ2n) is 14.6. The number of cyclic esters (lactones) is 1. The molecule has 9 unspecified atom stereocenters. The number of rotatable bonds is 8. The summed E-state index contributed by atoms with van der Waals surface area (Å²) in [5.74, 6) is -3.06. The predicted octanol–water partition coefficient (Wildman–Crippen LogP) is 5.17. The molecule has 0 amide bonds. The van der Waals surface area contributed by atoms with E-state index in [2.05, 4.69) is 6.92 Å². The van der Waals surface area contributed by atoms with Crippen LogP contribution < -0.4 is 0 Å². The van der Waals surface area contributed by atoms with Crippen molar-refractivity contribution in [2.45, 2.75) is 179 Å². The summed E-state index contributed by atoms with van der Waals surface area (Å²) in [6.45, 7) is 7.61. The topological polar surface area (TPSA) is 150 Å². The second-order valence-corrected chi connectivity index (χ2v) is 14.6. The van der Waals surface area contributed by atoms with Crippen molar-refractivity contribution in [2.75, 3.05) is 13.2 Å². The van der Waals surface area contributed by atoms with Crippen LogP contribution >= 0.6 is 0 Å². The van der Waals surface area contributed by atoms with Crippen molar-refractivity contribution >= 4 is 11.9 Å². The van der Waals surface area contributed by atoms with E-state index in [1.54, 1.807) is 26.0 Å². The van der Waals surface area contributed by atoms with E-state index in [-0.39, 0.29) is 37.6 Å². The molecule has 0 aliphatic carbocycles. The average molecular weight is 681 g/mol. The molecule has 11 nitrogen and oxygen atoms in total. The molecular weight excluding hydrogens is 620 g/mol. The highest BCUT2D eigenvalue weighted by atomic mass is 16.7. The van der Waals surface area contributed by atoms with Gasteiger partial charge in [-0.05, 0) is 63.5 Å². The van der Waals surface area contributed by atoms with Crippen LogP contribution in [0.5, 0.6) is 0 Å². The molecule has 4 heterocycles. The molecule has 48 heavy (non-hydrogen) atoms. The van der Waals surface area contributed by atoms with Crippen LogP contribution in [0.1, 0.15) is 124 Å². The Labute approximate surface area is 286 Å². The molecule has 4 aliphatic rings. The maximum absolute atomic E-state index is 13.1. The molecule has 6 bridgehead atoms. The minimum absolute atomic E-state index is 0.0361. The zero-order chi connectivity index (χ0) is 34.7. The van der Waals surface area contributed by atoms with Gasteiger partial charge in [0.05, 0.1) is 50.2 Å². The van der Waals surface area contributed by atoms with Crippen LogP contribution in [0.25, 0.3) is 0 Å². The molecule has 11 heteroatoms. The highest BCUT2D eigenvalue weighted by molar-refractivity contribution is 5.70. The fourth-order valence-corrected chi connectivity index (χ4v) is 7.30. The second kappa shape index (κ2) is 18.4. The van der Waals surface area contributed by atoms with E-state index in [1.165, 1.54) is 0 Å². The van der Waals surface area contributed by atoms with E-state index >= 15 is 0 Å². The molecule has 9 atom stereocenters. The molecular formula is C37H60O11. The standard InChI is InChI=1S/C37H60O11/c1-5-7-8-9-10-14-32(40)47-35-25(6-2)19-30-23-31(24-38)45-33(41)21-26(39)20-27-12-11-13-28(44-27)22-29-16-18-43-34(46-29)15-17-36(3,4)37(35,42)48-30/h6,15,17,26-31,34-35,38-39,42H,5,7-14,16,18-24H2,1-4H3/b17-15+,25-6+. The third-order valence-electron chi connectivity index (χ3n) is 10.2. The average Bonchev–Trinajstić information content (AvgIpc) is 3.04. The number of ether oxygens (including phenoxy) is 6. The lowest BCUT2D eigenvalue weighted by Gasteiger charge is -2.51. The summed E-state index contributed by atoms with van der Waals surface area (Å²) in [6.07, 6.45) is 10.4. The van der Waals surface area contributed by atoms with Crippen molar-refractivity contribution in [1.29, 1.82) is 0 Å². The van der Waals surface area contributed by atoms with Crippen LogP contribution in [0.15, 0.2) is 23.8 Å². The molecule has 0 aromatic carbocycles. The number of hydrogen-bond acceptors (Lipinski definition) is 11. The Morgan fingerprint density at radius 3 is 2.46 bits per heavy atom. The van der Waals surface area contributed by atoms with E-state index in [1.807, 2.05) is 13.0 Å². The van der Waals surface area contributed by atoms with Gasteiger partial charge < -0.3 is 43.7 Å². The molecule has 0 radical (unpaired) electrons. The van der Waals surface area contributed by atoms with Crippen LogP contribution in [0, 0.1) is 5.41 Å². The third-order valence-corrected chi connectivity index (χ3v) is 10.2. The quantitative estimate of drug-likeness (QED) is 0.177. The SMILES string of the molecule is C/C=C1\CC2CC(CO)OC(=O)CC(O)CC3CCCC(CC4CCOC(/C=C/C(C)(C)C(O)(O2)C1OC(=O)CCCCCCC)O4)O3. The van der Waals surface area contributed by atoms with Gasteiger partial charge in [-0.15, -0.1) is 0 Å². The van der Waals surface area contributed by atoms with Crippen molar-refractivity contribution in [3.05, 3.63) is 23.8 Å². The molecule has 3 saturated heterocycles. The van der Waals surface area contributed by atoms with E-state index < -0.39 is 60.5 Å². The van der Waals surface area contributed by atoms with Gasteiger partial charge >= 0.3 is 11.9 Å². The van der Waals surface area contributed by atoms with Crippen LogP contribution in [0.4, 0.5) is 0 Å². The number of aliphatic hydroxyl groups excluding tert-OH is 2. The summed E-state index contributed by atoms with van der Waals surface area (Å²) in [7, 11) is 0. The van der Waals surface area contributed by atoms with Gasteiger partial charge in [-0.25, -0.2) is 0 Å². The summed E-state index contributed by atoms with van der Waals surface area (Å²) in [6, 6.07) is 0. The van der Waals surface area contributed by atoms with E-state index in [0.29, 0.717) is 44.3 Å². The molecule has 4 aliphatic heterocycles. The maximum Gasteiger partial charge on any atom is 0.308 e. The Morgan fingerprint density at radius 2 is 1.73 bits per heavy atom. The largest absolute Gasteiger partial charge is 0.460 e. The Hall–Kier alpha value is -1.86. The van der Waals surface area contributed by atoms with Crippen LogP contribution in [0.3, 0.4) is 0 Å². The minimum Gasteiger partial charge on any atom is -0.460 e. The molecule has 0 aromatic heterocycles. The molecule has 274 valence electrons. The predicted molar refractivity (Wildman–Crippen MR) is 178 cm³/mol. The number of fused-ring (bicyclic) bond motifs is 6. The van der Waals surface area contributed by atoms with Gasteiger partial charge in [0, 0.05) is 24.7 Å². The Kier molecular flexibility index (Phi) is 14.9. The number of carbonyl (C=O) groups excluding carboxylic acids is 2. The van der Waals surface area contributed by atoms with Gasteiger partial charge in [-0.3, -0.25) is 9.59 Å². The third kappa shape index (κ3) is 10.8. The lowest BCUT2D eigenvalue weighted by Crippen LogP contribution is -2.62. The fraction of sp³-hybridized carbons (Fsp3) is 0.838. The minimum atomic E-state index is -2.02. The van der Waals surface area contributed by atoms with Gasteiger partial charge in [0.2, 0.25) is 5.79 Å². The number of unbranched alkanes of at least 4 members (excludes halogenated alkanes) is 4. The summed E-state index contributed by atoms with van der Waals surface area (Å²) in [4.78, 5) is 26.0. The van der Waals surface area contributed by atoms with E-state index in [4.69, 9.17) is 28.4 Å². The Balaban J connectivity index is 1.61. The number of esters is 2. The van der Waals surface area contributed by atoms with Gasteiger partial charge in [0.15, 0.2) is 12.4 Å². The molecule has 0 saturated carbocycles. The lowest BCUT2D eigenvalue weighted by atomic mass is 9.74. The van der Waals surface area contributed by atoms with Gasteiger partial charge in [-0.2, -0.15) is 0 Å². The van der Waals surface area contributed by atoms with Gasteiger partial charge in [0.1, 0.15) is 6.10 Å². The van der Waals surface area contributed by atoms with Crippen LogP contribution in [-0.2, 0) is 38.0 Å². The fourth-order valence-electron chi connectivity index (χ4n) is 7.30. The first-order valence-corrected chi connectivity index (χ1v) is 18.3. The molecule has 3 fully saturated rings. The number of carbonyl (C=O) groups is 2. The summed E-state index contributed by atoms with van der Waals surface area (Å²) < 4.78 is 36.7. The van der Waals surface area contributed by atoms with Crippen molar-refractivity contribution in [2.24, 2.45) is 5.41 Å². The first-order chi connectivity index (χ1) is 23.0. The molecule has 0 aromatic rings. The van der Waals surface area contributed by atoms with Crippen molar-refractivity contribution in [3.63, 3.8) is 0 Å². The lowest BCUT2D eigenvalue weighted by molar-refractivity contribution is -0.327. The zero-order valence-corrected chi connectivity index (χ0v) is 29.5. The Morgan fingerprint density at radius 1 is 1.00 bits per heavy atom. The van der Waals surface area contributed by atoms with Crippen molar-refractivity contribution in [1.82, 2.24) is 0 Å². The highest BCUT2D eigenvalue weighted by Gasteiger charge is 2.57. The van der Waals surface area contributed by atoms with Crippen LogP contribution in [-0.4, -0.2) is 95.3 Å². The summed E-state index contributed by atoms with van der Waals surface area (Å²) >= 11 is 0. The molecule has 3 N–H and O–H groups in total. The van der Waals surface area contributed by atoms with Gasteiger partial charge in [0.25, 0.3) is 0 Å². The first-order valence-electron chi connectivity index (χ1n) is 18.3. The van der Waals surface area contributed by atoms with Gasteiger partial charge in [-0.1, -0.05) is 58.6 Å². The summed E-state index contributed by atoms with van der Waals surface area (Å²) in [5, 5.41) is 33.4. The number of hydrogen-bond donors (Lipinski definition) is 3. The molecule has 0 spiro atoms. The Bertz CT molecular complexity index is 1090. The van der Waals surface area contributed by atoms with E-state index in [0.717, 1.165) is 44.9 Å². The smallest absolute Gasteiger partial charge is 0.308 e. The van der Waals surface area contributed by atoms with Crippen molar-refractivity contribution in [3.8, 4) is 0 Å².